The summed E-state index contributed by atoms with van der Waals surface area (Å²) in [4.78, 5) is 11.8. The van der Waals surface area contributed by atoms with Crippen molar-refractivity contribution in [1.29, 1.82) is 0 Å². The van der Waals surface area contributed by atoms with Crippen molar-refractivity contribution in [2.24, 2.45) is 35.0 Å². The summed E-state index contributed by atoms with van der Waals surface area (Å²) in [6.07, 6.45) is 11.3. The monoisotopic (exact) mass is 308 g/mol. The average molecular weight is 308 g/mol. The van der Waals surface area contributed by atoms with Crippen molar-refractivity contribution in [3.8, 4) is 11.8 Å². The minimum atomic E-state index is 0.310. The van der Waals surface area contributed by atoms with E-state index in [1.54, 1.807) is 0 Å². The number of fused-ring (bicyclic) bond motifs is 5. The van der Waals surface area contributed by atoms with E-state index in [0.29, 0.717) is 23.0 Å². The van der Waals surface area contributed by atoms with Crippen LogP contribution in [0.15, 0.2) is 23.3 Å². The van der Waals surface area contributed by atoms with Crippen LogP contribution in [0, 0.1) is 46.8 Å². The van der Waals surface area contributed by atoms with Crippen molar-refractivity contribution in [3.05, 3.63) is 23.3 Å². The molecular formula is C22H28O. The van der Waals surface area contributed by atoms with Gasteiger partial charge in [-0.3, -0.25) is 4.79 Å². The number of rotatable bonds is 0. The van der Waals surface area contributed by atoms with Gasteiger partial charge in [-0.15, -0.1) is 5.92 Å². The summed E-state index contributed by atoms with van der Waals surface area (Å²) < 4.78 is 0. The number of carbonyl (C=O) groups is 1. The maximum atomic E-state index is 11.8. The van der Waals surface area contributed by atoms with E-state index in [1.807, 2.05) is 13.0 Å². The second-order valence-corrected chi connectivity index (χ2v) is 8.54. The molecule has 0 aromatic rings. The Morgan fingerprint density at radius 1 is 1.30 bits per heavy atom. The molecule has 0 N–H and O–H groups in total. The molecule has 0 aromatic heterocycles. The van der Waals surface area contributed by atoms with E-state index < -0.39 is 0 Å². The van der Waals surface area contributed by atoms with Crippen LogP contribution in [0.25, 0.3) is 0 Å². The van der Waals surface area contributed by atoms with Crippen LogP contribution >= 0.6 is 0 Å². The summed E-state index contributed by atoms with van der Waals surface area (Å²) in [5.41, 5.74) is 3.21. The van der Waals surface area contributed by atoms with Crippen molar-refractivity contribution in [1.82, 2.24) is 0 Å². The summed E-state index contributed by atoms with van der Waals surface area (Å²) in [6, 6.07) is 0. The van der Waals surface area contributed by atoms with Crippen LogP contribution < -0.4 is 0 Å². The largest absolute Gasteiger partial charge is 0.295 e. The van der Waals surface area contributed by atoms with Gasteiger partial charge in [0.2, 0.25) is 0 Å². The topological polar surface area (TPSA) is 17.1 Å². The first-order valence-electron chi connectivity index (χ1n) is 9.41. The zero-order valence-corrected chi connectivity index (χ0v) is 14.7. The molecule has 6 atom stereocenters. The van der Waals surface area contributed by atoms with Crippen molar-refractivity contribution in [2.75, 3.05) is 0 Å². The molecule has 1 nitrogen and oxygen atoms in total. The van der Waals surface area contributed by atoms with Gasteiger partial charge in [-0.05, 0) is 74.7 Å². The standard InChI is InChI=1S/C22H28O/c1-4-5-16-6-9-20-21-14(2)12-15-13-17(23)7-8-18(15)19(21)10-11-22(16,20)3/h6,13-14,18-21H,7-12H2,1-3H3/t14?,18-,19?,20?,21?,22+/m0/s1. The molecule has 0 bridgehead atoms. The highest BCUT2D eigenvalue weighted by atomic mass is 16.1. The van der Waals surface area contributed by atoms with Gasteiger partial charge in [-0.25, -0.2) is 0 Å². The summed E-state index contributed by atoms with van der Waals surface area (Å²) in [6.45, 7) is 6.87. The number of hydrogen-bond donors (Lipinski definition) is 0. The summed E-state index contributed by atoms with van der Waals surface area (Å²) in [5.74, 6) is 10.7. The molecule has 122 valence electrons. The Morgan fingerprint density at radius 3 is 2.91 bits per heavy atom. The molecule has 2 saturated carbocycles. The lowest BCUT2D eigenvalue weighted by Gasteiger charge is -2.55. The maximum absolute atomic E-state index is 11.8. The van der Waals surface area contributed by atoms with Crippen molar-refractivity contribution in [3.63, 3.8) is 0 Å². The maximum Gasteiger partial charge on any atom is 0.155 e. The molecular weight excluding hydrogens is 280 g/mol. The normalized spacial score (nSPS) is 45.0. The number of carbonyl (C=O) groups excluding carboxylic acids is 1. The highest BCUT2D eigenvalue weighted by Gasteiger charge is 2.55. The molecule has 0 radical (unpaired) electrons. The van der Waals surface area contributed by atoms with Crippen LogP contribution in [0.3, 0.4) is 0 Å². The second kappa shape index (κ2) is 5.37. The number of hydrogen-bond acceptors (Lipinski definition) is 1. The molecule has 0 heterocycles. The van der Waals surface area contributed by atoms with Crippen LogP contribution in [0.1, 0.15) is 59.3 Å². The predicted octanol–water partition coefficient (Wildman–Crippen LogP) is 4.93. The first kappa shape index (κ1) is 15.3. The van der Waals surface area contributed by atoms with Crippen molar-refractivity contribution >= 4 is 5.78 Å². The quantitative estimate of drug-likeness (QED) is 0.580. The number of ketones is 1. The molecule has 0 aliphatic heterocycles. The number of allylic oxidation sites excluding steroid dienone is 4. The van der Waals surface area contributed by atoms with Crippen LogP contribution in [0.4, 0.5) is 0 Å². The van der Waals surface area contributed by atoms with Crippen LogP contribution in [0.5, 0.6) is 0 Å². The Morgan fingerprint density at radius 2 is 2.13 bits per heavy atom. The van der Waals surface area contributed by atoms with Gasteiger partial charge < -0.3 is 0 Å². The fraction of sp³-hybridized carbons (Fsp3) is 0.682. The van der Waals surface area contributed by atoms with Gasteiger partial charge in [0.05, 0.1) is 0 Å². The second-order valence-electron chi connectivity index (χ2n) is 8.54. The van der Waals surface area contributed by atoms with E-state index in [0.717, 1.165) is 37.0 Å². The van der Waals surface area contributed by atoms with E-state index in [1.165, 1.54) is 30.4 Å². The summed E-state index contributed by atoms with van der Waals surface area (Å²) >= 11 is 0. The zero-order chi connectivity index (χ0) is 16.2. The van der Waals surface area contributed by atoms with E-state index in [9.17, 15) is 4.79 Å². The molecule has 2 fully saturated rings. The summed E-state index contributed by atoms with van der Waals surface area (Å²) in [5, 5.41) is 0. The SMILES string of the molecule is CC#CC1=CCC2C3C(C)CC4=CC(=O)CC[C@@H]4C3CC[C@]12C. The smallest absolute Gasteiger partial charge is 0.155 e. The molecule has 4 aliphatic carbocycles. The van der Waals surface area contributed by atoms with Gasteiger partial charge in [0.15, 0.2) is 5.78 Å². The molecule has 4 rings (SSSR count). The lowest BCUT2D eigenvalue weighted by Crippen LogP contribution is -2.48. The molecule has 0 saturated heterocycles. The average Bonchev–Trinajstić information content (AvgIpc) is 2.84. The first-order chi connectivity index (χ1) is 11.0. The van der Waals surface area contributed by atoms with E-state index in [2.05, 4.69) is 31.8 Å². The molecule has 0 aromatic carbocycles. The molecule has 0 spiro atoms. The third-order valence-electron chi connectivity index (χ3n) is 7.48. The Bertz CT molecular complexity index is 655. The van der Waals surface area contributed by atoms with Gasteiger partial charge in [-0.1, -0.05) is 31.4 Å². The third kappa shape index (κ3) is 2.18. The minimum absolute atomic E-state index is 0.310. The van der Waals surface area contributed by atoms with Crippen LogP contribution in [-0.2, 0) is 4.79 Å². The molecule has 0 amide bonds. The molecule has 23 heavy (non-hydrogen) atoms. The molecule has 4 aliphatic rings. The fourth-order valence-electron chi connectivity index (χ4n) is 6.49. The van der Waals surface area contributed by atoms with Gasteiger partial charge in [0, 0.05) is 17.4 Å². The van der Waals surface area contributed by atoms with E-state index in [4.69, 9.17) is 0 Å². The summed E-state index contributed by atoms with van der Waals surface area (Å²) in [7, 11) is 0. The molecule has 1 heteroatoms. The lowest BCUT2D eigenvalue weighted by molar-refractivity contribution is -0.116. The van der Waals surface area contributed by atoms with Gasteiger partial charge in [0.25, 0.3) is 0 Å². The highest BCUT2D eigenvalue weighted by Crippen LogP contribution is 2.63. The Kier molecular flexibility index (Phi) is 3.56. The van der Waals surface area contributed by atoms with Gasteiger partial charge in [-0.2, -0.15) is 0 Å². The van der Waals surface area contributed by atoms with Crippen molar-refractivity contribution < 1.29 is 4.79 Å². The Balaban J connectivity index is 1.67. The van der Waals surface area contributed by atoms with E-state index in [-0.39, 0.29) is 0 Å². The Hall–Kier alpha value is -1.29. The molecule has 4 unspecified atom stereocenters. The Labute approximate surface area is 140 Å². The van der Waals surface area contributed by atoms with E-state index >= 15 is 0 Å². The van der Waals surface area contributed by atoms with Crippen LogP contribution in [0.2, 0.25) is 0 Å². The highest BCUT2D eigenvalue weighted by molar-refractivity contribution is 5.91. The van der Waals surface area contributed by atoms with Gasteiger partial charge in [0.1, 0.15) is 0 Å². The van der Waals surface area contributed by atoms with Crippen LogP contribution in [-0.4, -0.2) is 5.78 Å². The first-order valence-corrected chi connectivity index (χ1v) is 9.41. The predicted molar refractivity (Wildman–Crippen MR) is 93.6 cm³/mol. The van der Waals surface area contributed by atoms with Gasteiger partial charge >= 0.3 is 0 Å². The third-order valence-corrected chi connectivity index (χ3v) is 7.48. The van der Waals surface area contributed by atoms with Crippen molar-refractivity contribution in [2.45, 2.75) is 59.3 Å². The lowest BCUT2D eigenvalue weighted by atomic mass is 9.49. The zero-order valence-electron chi connectivity index (χ0n) is 14.7. The fourth-order valence-corrected chi connectivity index (χ4v) is 6.49. The minimum Gasteiger partial charge on any atom is -0.295 e.